The minimum Gasteiger partial charge on any atom is -0.369 e. The Morgan fingerprint density at radius 1 is 0.933 bits per heavy atom. The molecule has 3 aromatic heterocycles. The topological polar surface area (TPSA) is 93.0 Å². The van der Waals surface area contributed by atoms with Gasteiger partial charge in [0.05, 0.1) is 11.5 Å². The van der Waals surface area contributed by atoms with E-state index < -0.39 is 9.84 Å². The molecule has 4 aromatic rings. The van der Waals surface area contributed by atoms with Crippen molar-refractivity contribution >= 4 is 38.2 Å². The van der Waals surface area contributed by atoms with Crippen LogP contribution in [0.2, 0.25) is 0 Å². The van der Waals surface area contributed by atoms with Crippen LogP contribution in [-0.2, 0) is 9.84 Å². The van der Waals surface area contributed by atoms with E-state index in [1.54, 1.807) is 12.4 Å². The Bertz CT molecular complexity index is 1270. The van der Waals surface area contributed by atoms with Crippen LogP contribution in [0.4, 0.5) is 17.3 Å². The molecule has 8 nitrogen and oxygen atoms in total. The van der Waals surface area contributed by atoms with Crippen LogP contribution in [-0.4, -0.2) is 52.5 Å². The molecule has 5 rings (SSSR count). The zero-order valence-corrected chi connectivity index (χ0v) is 17.0. The SMILES string of the molecule is O=S1(=O)CCN(c2ccc(Nc3ncc4ccn(-c5ccccn5)c4n3)cc2)CC1. The van der Waals surface area contributed by atoms with Crippen LogP contribution in [0.25, 0.3) is 16.9 Å². The Balaban J connectivity index is 1.36. The second-order valence-corrected chi connectivity index (χ2v) is 9.46. The van der Waals surface area contributed by atoms with E-state index in [0.717, 1.165) is 28.2 Å². The molecule has 9 heteroatoms. The number of hydrogen-bond donors (Lipinski definition) is 1. The third kappa shape index (κ3) is 3.71. The molecule has 1 N–H and O–H groups in total. The molecule has 0 bridgehead atoms. The lowest BCUT2D eigenvalue weighted by atomic mass is 10.2. The fourth-order valence-electron chi connectivity index (χ4n) is 3.51. The number of anilines is 3. The van der Waals surface area contributed by atoms with Crippen molar-refractivity contribution in [3.05, 3.63) is 67.1 Å². The van der Waals surface area contributed by atoms with Crippen LogP contribution in [0.3, 0.4) is 0 Å². The molecule has 0 spiro atoms. The van der Waals surface area contributed by atoms with E-state index in [1.165, 1.54) is 0 Å². The number of nitrogens with zero attached hydrogens (tertiary/aromatic N) is 5. The van der Waals surface area contributed by atoms with Gasteiger partial charge in [-0.25, -0.2) is 18.4 Å². The molecule has 0 aliphatic carbocycles. The van der Waals surface area contributed by atoms with Gasteiger partial charge in [0.25, 0.3) is 0 Å². The van der Waals surface area contributed by atoms with Crippen molar-refractivity contribution in [2.45, 2.75) is 0 Å². The summed E-state index contributed by atoms with van der Waals surface area (Å²) < 4.78 is 25.2. The van der Waals surface area contributed by atoms with Crippen molar-refractivity contribution in [2.75, 3.05) is 34.8 Å². The van der Waals surface area contributed by atoms with Crippen molar-refractivity contribution in [1.82, 2.24) is 19.5 Å². The number of fused-ring (bicyclic) bond motifs is 1. The average Bonchev–Trinajstić information content (AvgIpc) is 3.18. The average molecular weight is 420 g/mol. The van der Waals surface area contributed by atoms with Crippen molar-refractivity contribution in [1.29, 1.82) is 0 Å². The third-order valence-electron chi connectivity index (χ3n) is 5.16. The smallest absolute Gasteiger partial charge is 0.229 e. The molecule has 1 fully saturated rings. The Kier molecular flexibility index (Phi) is 4.59. The Morgan fingerprint density at radius 3 is 2.47 bits per heavy atom. The molecule has 1 saturated heterocycles. The van der Waals surface area contributed by atoms with E-state index in [-0.39, 0.29) is 11.5 Å². The molecular weight excluding hydrogens is 400 g/mol. The normalized spacial score (nSPS) is 15.9. The van der Waals surface area contributed by atoms with E-state index in [2.05, 4.69) is 25.2 Å². The van der Waals surface area contributed by atoms with Crippen LogP contribution < -0.4 is 10.2 Å². The van der Waals surface area contributed by atoms with Gasteiger partial charge in [-0.05, 0) is 42.5 Å². The first kappa shape index (κ1) is 18.6. The lowest BCUT2D eigenvalue weighted by Crippen LogP contribution is -2.40. The van der Waals surface area contributed by atoms with Crippen LogP contribution >= 0.6 is 0 Å². The lowest BCUT2D eigenvalue weighted by Gasteiger charge is -2.28. The summed E-state index contributed by atoms with van der Waals surface area (Å²) in [6.45, 7) is 1.05. The summed E-state index contributed by atoms with van der Waals surface area (Å²) in [6, 6.07) is 15.6. The molecule has 0 radical (unpaired) electrons. The van der Waals surface area contributed by atoms with Crippen molar-refractivity contribution in [3.63, 3.8) is 0 Å². The number of rotatable bonds is 4. The van der Waals surface area contributed by atoms with E-state index >= 15 is 0 Å². The van der Waals surface area contributed by atoms with E-state index in [0.29, 0.717) is 19.0 Å². The summed E-state index contributed by atoms with van der Waals surface area (Å²) in [4.78, 5) is 15.5. The highest BCUT2D eigenvalue weighted by molar-refractivity contribution is 7.91. The zero-order chi connectivity index (χ0) is 20.6. The monoisotopic (exact) mass is 420 g/mol. The van der Waals surface area contributed by atoms with Crippen LogP contribution in [0.15, 0.2) is 67.1 Å². The number of nitrogens with one attached hydrogen (secondary N) is 1. The Morgan fingerprint density at radius 2 is 1.73 bits per heavy atom. The molecule has 152 valence electrons. The maximum Gasteiger partial charge on any atom is 0.229 e. The van der Waals surface area contributed by atoms with Gasteiger partial charge in [0.1, 0.15) is 5.82 Å². The van der Waals surface area contributed by atoms with Gasteiger partial charge in [0, 0.05) is 48.4 Å². The van der Waals surface area contributed by atoms with Gasteiger partial charge >= 0.3 is 0 Å². The van der Waals surface area contributed by atoms with Gasteiger partial charge in [0.2, 0.25) is 5.95 Å². The molecular formula is C21H20N6O2S. The number of aromatic nitrogens is 4. The van der Waals surface area contributed by atoms with E-state index in [1.807, 2.05) is 59.3 Å². The van der Waals surface area contributed by atoms with Crippen molar-refractivity contribution in [3.8, 4) is 5.82 Å². The fraction of sp³-hybridized carbons (Fsp3) is 0.190. The summed E-state index contributed by atoms with van der Waals surface area (Å²) in [6.07, 6.45) is 5.46. The molecule has 4 heterocycles. The number of benzene rings is 1. The first-order valence-corrected chi connectivity index (χ1v) is 11.5. The largest absolute Gasteiger partial charge is 0.369 e. The Hall–Kier alpha value is -3.46. The predicted molar refractivity (Wildman–Crippen MR) is 117 cm³/mol. The second kappa shape index (κ2) is 7.42. The van der Waals surface area contributed by atoms with E-state index in [9.17, 15) is 8.42 Å². The van der Waals surface area contributed by atoms with Crippen LogP contribution in [0.5, 0.6) is 0 Å². The molecule has 1 aromatic carbocycles. The number of pyridine rings is 1. The van der Waals surface area contributed by atoms with Crippen molar-refractivity contribution < 1.29 is 8.42 Å². The first-order chi connectivity index (χ1) is 14.6. The van der Waals surface area contributed by atoms with Gasteiger partial charge < -0.3 is 10.2 Å². The highest BCUT2D eigenvalue weighted by Crippen LogP contribution is 2.23. The quantitative estimate of drug-likeness (QED) is 0.543. The first-order valence-electron chi connectivity index (χ1n) is 9.65. The molecule has 1 aliphatic rings. The van der Waals surface area contributed by atoms with Gasteiger partial charge in [-0.3, -0.25) is 4.57 Å². The summed E-state index contributed by atoms with van der Waals surface area (Å²) in [5.41, 5.74) is 2.65. The van der Waals surface area contributed by atoms with Gasteiger partial charge in [-0.1, -0.05) is 6.07 Å². The summed E-state index contributed by atoms with van der Waals surface area (Å²) in [5, 5.41) is 4.17. The predicted octanol–water partition coefficient (Wildman–Crippen LogP) is 2.79. The molecule has 0 saturated carbocycles. The standard InChI is InChI=1S/C21H20N6O2S/c28-30(29)13-11-26(12-14-30)18-6-4-17(5-7-18)24-21-23-15-16-8-10-27(20(16)25-21)19-3-1-2-9-22-19/h1-10,15H,11-14H2,(H,23,24,25). The summed E-state index contributed by atoms with van der Waals surface area (Å²) in [5.74, 6) is 1.70. The van der Waals surface area contributed by atoms with Gasteiger partial charge in [0.15, 0.2) is 15.5 Å². The molecule has 0 atom stereocenters. The van der Waals surface area contributed by atoms with Gasteiger partial charge in [-0.2, -0.15) is 4.98 Å². The number of hydrogen-bond acceptors (Lipinski definition) is 7. The molecule has 1 aliphatic heterocycles. The van der Waals surface area contributed by atoms with Crippen molar-refractivity contribution in [2.24, 2.45) is 0 Å². The Labute approximate surface area is 174 Å². The highest BCUT2D eigenvalue weighted by atomic mass is 32.2. The highest BCUT2D eigenvalue weighted by Gasteiger charge is 2.21. The lowest BCUT2D eigenvalue weighted by molar-refractivity contribution is 0.587. The fourth-order valence-corrected chi connectivity index (χ4v) is 4.72. The third-order valence-corrected chi connectivity index (χ3v) is 6.77. The van der Waals surface area contributed by atoms with Crippen LogP contribution in [0, 0.1) is 0 Å². The van der Waals surface area contributed by atoms with E-state index in [4.69, 9.17) is 0 Å². The molecule has 0 unspecified atom stereocenters. The zero-order valence-electron chi connectivity index (χ0n) is 16.1. The number of sulfone groups is 1. The maximum atomic E-state index is 11.6. The summed E-state index contributed by atoms with van der Waals surface area (Å²) in [7, 11) is -2.89. The molecule has 30 heavy (non-hydrogen) atoms. The minimum atomic E-state index is -2.89. The van der Waals surface area contributed by atoms with Crippen LogP contribution in [0.1, 0.15) is 0 Å². The minimum absolute atomic E-state index is 0.205. The van der Waals surface area contributed by atoms with Gasteiger partial charge in [-0.15, -0.1) is 0 Å². The molecule has 0 amide bonds. The second-order valence-electron chi connectivity index (χ2n) is 7.16. The maximum absolute atomic E-state index is 11.6. The summed E-state index contributed by atoms with van der Waals surface area (Å²) >= 11 is 0.